The number of thiazole rings is 1. The lowest BCUT2D eigenvalue weighted by Crippen LogP contribution is -2.24. The molecule has 3 amide bonds. The fraction of sp³-hybridized carbons (Fsp3) is 0.312. The van der Waals surface area contributed by atoms with Gasteiger partial charge in [0.2, 0.25) is 0 Å². The van der Waals surface area contributed by atoms with E-state index in [9.17, 15) is 9.59 Å². The fourth-order valence-electron chi connectivity index (χ4n) is 2.37. The number of carbonyl (C=O) groups excluding carboxylic acids is 2. The van der Waals surface area contributed by atoms with Crippen LogP contribution in [0.1, 0.15) is 32.1 Å². The Morgan fingerprint density at radius 2 is 1.65 bits per heavy atom. The molecule has 2 aromatic rings. The number of amides is 3. The van der Waals surface area contributed by atoms with Crippen LogP contribution >= 0.6 is 11.3 Å². The third-order valence-electron chi connectivity index (χ3n) is 3.37. The zero-order valence-corrected chi connectivity index (χ0v) is 14.6. The van der Waals surface area contributed by atoms with Crippen molar-refractivity contribution < 1.29 is 9.59 Å². The highest BCUT2D eigenvalue weighted by Crippen LogP contribution is 2.26. The molecule has 3 N–H and O–H groups in total. The van der Waals surface area contributed by atoms with Gasteiger partial charge in [0.15, 0.2) is 5.13 Å². The van der Waals surface area contributed by atoms with Crippen LogP contribution in [0.3, 0.4) is 0 Å². The monoisotopic (exact) mass is 332 g/mol. The van der Waals surface area contributed by atoms with Gasteiger partial charge in [0.1, 0.15) is 4.88 Å². The van der Waals surface area contributed by atoms with Crippen molar-refractivity contribution in [2.24, 2.45) is 0 Å². The van der Waals surface area contributed by atoms with Gasteiger partial charge in [-0.2, -0.15) is 0 Å². The first-order valence-electron chi connectivity index (χ1n) is 7.17. The third kappa shape index (κ3) is 3.87. The Morgan fingerprint density at radius 3 is 2.22 bits per heavy atom. The van der Waals surface area contributed by atoms with Crippen molar-refractivity contribution in [1.29, 1.82) is 0 Å². The summed E-state index contributed by atoms with van der Waals surface area (Å²) in [6, 6.07) is 3.69. The van der Waals surface area contributed by atoms with Gasteiger partial charge in [-0.1, -0.05) is 29.0 Å². The minimum Gasteiger partial charge on any atom is -0.341 e. The first-order valence-corrected chi connectivity index (χ1v) is 7.98. The molecule has 0 aliphatic carbocycles. The predicted molar refractivity (Wildman–Crippen MR) is 93.5 cm³/mol. The molecule has 0 aliphatic heterocycles. The van der Waals surface area contributed by atoms with Crippen molar-refractivity contribution in [2.45, 2.75) is 27.7 Å². The highest BCUT2D eigenvalue weighted by molar-refractivity contribution is 7.17. The highest BCUT2D eigenvalue weighted by Gasteiger charge is 2.18. The van der Waals surface area contributed by atoms with Gasteiger partial charge in [0, 0.05) is 12.7 Å². The molecular weight excluding hydrogens is 312 g/mol. The summed E-state index contributed by atoms with van der Waals surface area (Å²) < 4.78 is 0. The van der Waals surface area contributed by atoms with Crippen molar-refractivity contribution in [2.75, 3.05) is 17.7 Å². The Kier molecular flexibility index (Phi) is 5.00. The molecule has 0 saturated heterocycles. The molecule has 0 unspecified atom stereocenters. The van der Waals surface area contributed by atoms with E-state index >= 15 is 0 Å². The van der Waals surface area contributed by atoms with Crippen LogP contribution in [0, 0.1) is 27.7 Å². The Balaban J connectivity index is 2.23. The number of anilines is 2. The highest BCUT2D eigenvalue weighted by atomic mass is 32.1. The number of carbonyl (C=O) groups is 2. The summed E-state index contributed by atoms with van der Waals surface area (Å²) in [6.45, 7) is 7.70. The summed E-state index contributed by atoms with van der Waals surface area (Å²) in [5.74, 6) is -0.222. The van der Waals surface area contributed by atoms with Gasteiger partial charge in [-0.3, -0.25) is 10.1 Å². The van der Waals surface area contributed by atoms with Crippen LogP contribution < -0.4 is 16.0 Å². The lowest BCUT2D eigenvalue weighted by atomic mass is 10.1. The number of aryl methyl sites for hydroxylation is 4. The van der Waals surface area contributed by atoms with Gasteiger partial charge in [0.05, 0.1) is 5.69 Å². The van der Waals surface area contributed by atoms with Crippen LogP contribution in [0.25, 0.3) is 0 Å². The number of nitrogens with zero attached hydrogens (tertiary/aromatic N) is 1. The molecule has 23 heavy (non-hydrogen) atoms. The molecule has 7 heteroatoms. The smallest absolute Gasteiger partial charge is 0.320 e. The third-order valence-corrected chi connectivity index (χ3v) is 4.44. The summed E-state index contributed by atoms with van der Waals surface area (Å²) in [4.78, 5) is 28.5. The Hall–Kier alpha value is -2.41. The minimum absolute atomic E-state index is 0.222. The van der Waals surface area contributed by atoms with Crippen molar-refractivity contribution in [3.05, 3.63) is 39.4 Å². The van der Waals surface area contributed by atoms with Crippen LogP contribution in [0.5, 0.6) is 0 Å². The molecule has 0 spiro atoms. The maximum Gasteiger partial charge on any atom is 0.320 e. The first-order chi connectivity index (χ1) is 10.8. The van der Waals surface area contributed by atoms with Crippen LogP contribution in [0.15, 0.2) is 12.1 Å². The zero-order valence-electron chi connectivity index (χ0n) is 13.8. The number of aromatic nitrogens is 1. The molecule has 0 saturated carbocycles. The Morgan fingerprint density at radius 1 is 1.04 bits per heavy atom. The lowest BCUT2D eigenvalue weighted by Gasteiger charge is -2.12. The molecule has 1 aromatic carbocycles. The van der Waals surface area contributed by atoms with Gasteiger partial charge >= 0.3 is 6.03 Å². The van der Waals surface area contributed by atoms with Crippen LogP contribution in [0.4, 0.5) is 15.6 Å². The van der Waals surface area contributed by atoms with Crippen molar-refractivity contribution >= 4 is 34.1 Å². The summed E-state index contributed by atoms with van der Waals surface area (Å²) in [7, 11) is 1.52. The molecule has 0 bridgehead atoms. The van der Waals surface area contributed by atoms with E-state index in [1.807, 2.05) is 32.9 Å². The van der Waals surface area contributed by atoms with E-state index in [-0.39, 0.29) is 11.9 Å². The maximum absolute atomic E-state index is 12.5. The SMILES string of the molecule is CNC(=O)Nc1nc(C)c(C(=O)Nc2c(C)cc(C)cc2C)s1. The summed E-state index contributed by atoms with van der Waals surface area (Å²) in [5, 5.41) is 8.37. The van der Waals surface area contributed by atoms with E-state index < -0.39 is 0 Å². The van der Waals surface area contributed by atoms with Crippen LogP contribution in [-0.2, 0) is 0 Å². The number of urea groups is 1. The lowest BCUT2D eigenvalue weighted by molar-refractivity contribution is 0.102. The molecular formula is C16H20N4O2S. The molecule has 122 valence electrons. The second-order valence-electron chi connectivity index (χ2n) is 5.37. The Labute approximate surface area is 139 Å². The normalized spacial score (nSPS) is 10.3. The zero-order chi connectivity index (χ0) is 17.1. The summed E-state index contributed by atoms with van der Waals surface area (Å²) >= 11 is 1.15. The second kappa shape index (κ2) is 6.78. The fourth-order valence-corrected chi connectivity index (χ4v) is 3.22. The van der Waals surface area contributed by atoms with E-state index in [2.05, 4.69) is 20.9 Å². The van der Waals surface area contributed by atoms with Gasteiger partial charge < -0.3 is 10.6 Å². The minimum atomic E-state index is -0.365. The van der Waals surface area contributed by atoms with E-state index in [0.717, 1.165) is 33.7 Å². The molecule has 0 radical (unpaired) electrons. The first kappa shape index (κ1) is 17.0. The number of nitrogens with one attached hydrogen (secondary N) is 3. The van der Waals surface area contributed by atoms with E-state index in [0.29, 0.717) is 15.7 Å². The van der Waals surface area contributed by atoms with Crippen LogP contribution in [0.2, 0.25) is 0 Å². The average molecular weight is 332 g/mol. The Bertz CT molecular complexity index is 744. The molecule has 1 aromatic heterocycles. The van der Waals surface area contributed by atoms with Gasteiger partial charge in [0.25, 0.3) is 5.91 Å². The molecule has 0 fully saturated rings. The summed E-state index contributed by atoms with van der Waals surface area (Å²) in [5.41, 5.74) is 4.59. The van der Waals surface area contributed by atoms with Gasteiger partial charge in [-0.05, 0) is 38.8 Å². The maximum atomic E-state index is 12.5. The van der Waals surface area contributed by atoms with E-state index in [1.165, 1.54) is 7.05 Å². The van der Waals surface area contributed by atoms with Crippen molar-refractivity contribution in [1.82, 2.24) is 10.3 Å². The quantitative estimate of drug-likeness (QED) is 0.806. The number of rotatable bonds is 3. The number of hydrogen-bond acceptors (Lipinski definition) is 4. The standard InChI is InChI=1S/C16H20N4O2S/c1-8-6-9(2)12(10(3)7-8)19-14(21)13-11(4)18-16(23-13)20-15(22)17-5/h6-7H,1-5H3,(H,19,21)(H2,17,18,20,22). The van der Waals surface area contributed by atoms with E-state index in [4.69, 9.17) is 0 Å². The topological polar surface area (TPSA) is 83.1 Å². The molecule has 6 nitrogen and oxygen atoms in total. The van der Waals surface area contributed by atoms with Crippen molar-refractivity contribution in [3.8, 4) is 0 Å². The number of hydrogen-bond donors (Lipinski definition) is 3. The van der Waals surface area contributed by atoms with Crippen molar-refractivity contribution in [3.63, 3.8) is 0 Å². The number of benzene rings is 1. The summed E-state index contributed by atoms with van der Waals surface area (Å²) in [6.07, 6.45) is 0. The molecule has 2 rings (SSSR count). The van der Waals surface area contributed by atoms with Gasteiger partial charge in [-0.15, -0.1) is 0 Å². The van der Waals surface area contributed by atoms with E-state index in [1.54, 1.807) is 6.92 Å². The van der Waals surface area contributed by atoms with Crippen LogP contribution in [-0.4, -0.2) is 24.0 Å². The average Bonchev–Trinajstić information content (AvgIpc) is 2.83. The predicted octanol–water partition coefficient (Wildman–Crippen LogP) is 3.38. The molecule has 0 aliphatic rings. The van der Waals surface area contributed by atoms with Gasteiger partial charge in [-0.25, -0.2) is 9.78 Å². The molecule has 1 heterocycles. The second-order valence-corrected chi connectivity index (χ2v) is 6.36. The molecule has 0 atom stereocenters. The largest absolute Gasteiger partial charge is 0.341 e.